The fraction of sp³-hybridized carbons (Fsp3) is 0.882. The molecule has 0 atom stereocenters. The molecule has 2 fully saturated rings. The molecule has 0 radical (unpaired) electrons. The van der Waals surface area contributed by atoms with Crippen LogP contribution in [0.1, 0.15) is 71.1 Å². The number of aliphatic hydroxyl groups is 1. The van der Waals surface area contributed by atoms with Crippen LogP contribution < -0.4 is 0 Å². The Morgan fingerprint density at radius 3 is 2.11 bits per heavy atom. The van der Waals surface area contributed by atoms with Crippen molar-refractivity contribution in [2.75, 3.05) is 0 Å². The maximum absolute atomic E-state index is 10.1. The van der Waals surface area contributed by atoms with Crippen LogP contribution >= 0.6 is 0 Å². The van der Waals surface area contributed by atoms with Crippen molar-refractivity contribution in [2.45, 2.75) is 76.7 Å². The van der Waals surface area contributed by atoms with Crippen LogP contribution in [0.25, 0.3) is 0 Å². The molecule has 0 aromatic carbocycles. The van der Waals surface area contributed by atoms with Gasteiger partial charge in [0.1, 0.15) is 5.60 Å². The topological polar surface area (TPSA) is 20.2 Å². The van der Waals surface area contributed by atoms with E-state index in [1.165, 1.54) is 38.5 Å². The molecule has 102 valence electrons. The van der Waals surface area contributed by atoms with Gasteiger partial charge in [-0.1, -0.05) is 38.5 Å². The summed E-state index contributed by atoms with van der Waals surface area (Å²) in [7, 11) is 0. The molecule has 0 amide bonds. The molecule has 1 nitrogen and oxygen atoms in total. The molecule has 0 bridgehead atoms. The summed E-state index contributed by atoms with van der Waals surface area (Å²) in [6, 6.07) is 0. The first-order valence-electron chi connectivity index (χ1n) is 7.87. The normalized spacial score (nSPS) is 41.3. The quantitative estimate of drug-likeness (QED) is 0.744. The molecule has 0 heterocycles. The van der Waals surface area contributed by atoms with Crippen molar-refractivity contribution in [3.05, 3.63) is 0 Å². The van der Waals surface area contributed by atoms with E-state index in [0.29, 0.717) is 0 Å². The highest BCUT2D eigenvalue weighted by atomic mass is 16.3. The van der Waals surface area contributed by atoms with Gasteiger partial charge in [-0.3, -0.25) is 0 Å². The molecule has 1 heteroatoms. The zero-order valence-electron chi connectivity index (χ0n) is 11.8. The summed E-state index contributed by atoms with van der Waals surface area (Å²) in [5.74, 6) is 5.33. The number of hydrogen-bond acceptors (Lipinski definition) is 1. The van der Waals surface area contributed by atoms with Crippen molar-refractivity contribution >= 4 is 0 Å². The Kier molecular flexibility index (Phi) is 4.73. The average Bonchev–Trinajstić information content (AvgIpc) is 2.41. The summed E-state index contributed by atoms with van der Waals surface area (Å²) in [6.07, 6.45) is 17.8. The average molecular weight is 248 g/mol. The van der Waals surface area contributed by atoms with Crippen molar-refractivity contribution in [2.24, 2.45) is 17.8 Å². The van der Waals surface area contributed by atoms with Gasteiger partial charge in [0.25, 0.3) is 0 Å². The Morgan fingerprint density at radius 1 is 1.06 bits per heavy atom. The third kappa shape index (κ3) is 3.29. The van der Waals surface area contributed by atoms with E-state index in [0.717, 1.165) is 43.4 Å². The summed E-state index contributed by atoms with van der Waals surface area (Å²) >= 11 is 0. The van der Waals surface area contributed by atoms with Crippen LogP contribution in [0.4, 0.5) is 0 Å². The van der Waals surface area contributed by atoms with Gasteiger partial charge in [-0.2, -0.15) is 0 Å². The molecule has 0 aromatic heterocycles. The van der Waals surface area contributed by atoms with Gasteiger partial charge < -0.3 is 5.11 Å². The Bertz CT molecular complexity index is 285. The predicted molar refractivity (Wildman–Crippen MR) is 76.1 cm³/mol. The summed E-state index contributed by atoms with van der Waals surface area (Å²) in [6.45, 7) is 2.30. The maximum Gasteiger partial charge on any atom is 0.125 e. The van der Waals surface area contributed by atoms with Crippen molar-refractivity contribution in [3.8, 4) is 12.3 Å². The second-order valence-electron chi connectivity index (χ2n) is 6.58. The molecule has 1 N–H and O–H groups in total. The van der Waals surface area contributed by atoms with E-state index in [2.05, 4.69) is 12.8 Å². The summed E-state index contributed by atoms with van der Waals surface area (Å²) in [5, 5.41) is 10.1. The van der Waals surface area contributed by atoms with Gasteiger partial charge >= 0.3 is 0 Å². The standard InChI is InChI=1S/C17H28O/c1-3-5-14-6-8-15(9-7-14)16-10-12-17(18,4-2)13-11-16/h2,14-16,18H,3,5-13H2,1H3/t14?,15?,16-,17+. The lowest BCUT2D eigenvalue weighted by molar-refractivity contribution is 0.0257. The first-order valence-corrected chi connectivity index (χ1v) is 7.87. The van der Waals surface area contributed by atoms with Crippen LogP contribution in [0.3, 0.4) is 0 Å². The second-order valence-corrected chi connectivity index (χ2v) is 6.58. The molecule has 2 rings (SSSR count). The molecule has 0 unspecified atom stereocenters. The Labute approximate surface area is 112 Å². The van der Waals surface area contributed by atoms with E-state index in [1.807, 2.05) is 0 Å². The first kappa shape index (κ1) is 13.9. The van der Waals surface area contributed by atoms with E-state index in [1.54, 1.807) is 0 Å². The molecule has 2 aliphatic rings. The van der Waals surface area contributed by atoms with Gasteiger partial charge in [-0.25, -0.2) is 0 Å². The molecule has 18 heavy (non-hydrogen) atoms. The van der Waals surface area contributed by atoms with Crippen molar-refractivity contribution in [1.82, 2.24) is 0 Å². The first-order chi connectivity index (χ1) is 8.67. The van der Waals surface area contributed by atoms with E-state index in [-0.39, 0.29) is 0 Å². The summed E-state index contributed by atoms with van der Waals surface area (Å²) in [4.78, 5) is 0. The van der Waals surface area contributed by atoms with Gasteiger partial charge in [0.05, 0.1) is 0 Å². The van der Waals surface area contributed by atoms with Gasteiger partial charge in [-0.15, -0.1) is 6.42 Å². The monoisotopic (exact) mass is 248 g/mol. The van der Waals surface area contributed by atoms with Crippen molar-refractivity contribution in [1.29, 1.82) is 0 Å². The van der Waals surface area contributed by atoms with Crippen molar-refractivity contribution < 1.29 is 5.11 Å². The van der Waals surface area contributed by atoms with E-state index >= 15 is 0 Å². The molecule has 2 saturated carbocycles. The van der Waals surface area contributed by atoms with Gasteiger partial charge in [0.15, 0.2) is 0 Å². The van der Waals surface area contributed by atoms with E-state index < -0.39 is 5.60 Å². The highest BCUT2D eigenvalue weighted by molar-refractivity contribution is 5.09. The molecule has 2 aliphatic carbocycles. The molecule has 0 spiro atoms. The van der Waals surface area contributed by atoms with Crippen LogP contribution in [-0.2, 0) is 0 Å². The molecule has 0 aromatic rings. The fourth-order valence-electron chi connectivity index (χ4n) is 4.09. The third-order valence-electron chi connectivity index (χ3n) is 5.38. The minimum absolute atomic E-state index is 0.782. The Hall–Kier alpha value is -0.480. The SMILES string of the molecule is C#C[C@]1(O)CC[C@@H](C2CCC(CCC)CC2)CC1. The lowest BCUT2D eigenvalue weighted by Gasteiger charge is -2.39. The van der Waals surface area contributed by atoms with Crippen LogP contribution in [0.2, 0.25) is 0 Å². The highest BCUT2D eigenvalue weighted by Crippen LogP contribution is 2.42. The Balaban J connectivity index is 1.77. The summed E-state index contributed by atoms with van der Waals surface area (Å²) in [5.41, 5.74) is -0.782. The number of terminal acetylenes is 1. The lowest BCUT2D eigenvalue weighted by Crippen LogP contribution is -2.35. The van der Waals surface area contributed by atoms with Gasteiger partial charge in [0, 0.05) is 0 Å². The molecule has 0 saturated heterocycles. The number of hydrogen-bond donors (Lipinski definition) is 1. The van der Waals surface area contributed by atoms with Crippen LogP contribution in [0, 0.1) is 30.1 Å². The zero-order chi connectivity index (χ0) is 13.0. The van der Waals surface area contributed by atoms with E-state index in [4.69, 9.17) is 6.42 Å². The molecule has 0 aliphatic heterocycles. The van der Waals surface area contributed by atoms with Crippen LogP contribution in [0.15, 0.2) is 0 Å². The van der Waals surface area contributed by atoms with Crippen LogP contribution in [0.5, 0.6) is 0 Å². The highest BCUT2D eigenvalue weighted by Gasteiger charge is 2.35. The zero-order valence-corrected chi connectivity index (χ0v) is 11.8. The maximum atomic E-state index is 10.1. The van der Waals surface area contributed by atoms with Gasteiger partial charge in [-0.05, 0) is 56.3 Å². The Morgan fingerprint density at radius 2 is 1.61 bits per heavy atom. The minimum atomic E-state index is -0.782. The van der Waals surface area contributed by atoms with E-state index in [9.17, 15) is 5.11 Å². The molecular weight excluding hydrogens is 220 g/mol. The largest absolute Gasteiger partial charge is 0.378 e. The fourth-order valence-corrected chi connectivity index (χ4v) is 4.09. The third-order valence-corrected chi connectivity index (χ3v) is 5.38. The van der Waals surface area contributed by atoms with Crippen LogP contribution in [-0.4, -0.2) is 10.7 Å². The predicted octanol–water partition coefficient (Wildman–Crippen LogP) is 4.15. The summed E-state index contributed by atoms with van der Waals surface area (Å²) < 4.78 is 0. The second kappa shape index (κ2) is 6.11. The minimum Gasteiger partial charge on any atom is -0.378 e. The number of rotatable bonds is 3. The lowest BCUT2D eigenvalue weighted by atomic mass is 9.68. The molecular formula is C17H28O. The van der Waals surface area contributed by atoms with Gasteiger partial charge in [0.2, 0.25) is 0 Å². The smallest absolute Gasteiger partial charge is 0.125 e. The van der Waals surface area contributed by atoms with Crippen molar-refractivity contribution in [3.63, 3.8) is 0 Å².